The van der Waals surface area contributed by atoms with Crippen molar-refractivity contribution in [3.63, 3.8) is 0 Å². The summed E-state index contributed by atoms with van der Waals surface area (Å²) < 4.78 is 0.694. The van der Waals surface area contributed by atoms with Crippen molar-refractivity contribution in [1.29, 1.82) is 0 Å². The number of aryl methyl sites for hydroxylation is 2. The average Bonchev–Trinajstić information content (AvgIpc) is 2.65. The Morgan fingerprint density at radius 3 is 2.07 bits per heavy atom. The second kappa shape index (κ2) is 8.18. The highest BCUT2D eigenvalue weighted by Gasteiger charge is 2.15. The average molecular weight is 423 g/mol. The molecule has 0 heterocycles. The summed E-state index contributed by atoms with van der Waals surface area (Å²) in [4.78, 5) is 25.3. The molecule has 0 aliphatic rings. The van der Waals surface area contributed by atoms with Crippen LogP contribution in [0.25, 0.3) is 0 Å². The number of carbonyl (C=O) groups excluding carboxylic acids is 2. The molecule has 3 rings (SSSR count). The summed E-state index contributed by atoms with van der Waals surface area (Å²) in [5, 5.41) is 5.72. The van der Waals surface area contributed by atoms with Crippen molar-refractivity contribution < 1.29 is 9.59 Å². The Bertz CT molecular complexity index is 1010. The smallest absolute Gasteiger partial charge is 0.257 e. The number of nitrogens with one attached hydrogen (secondary N) is 2. The van der Waals surface area contributed by atoms with Crippen LogP contribution < -0.4 is 10.6 Å². The molecule has 3 aromatic rings. The van der Waals surface area contributed by atoms with Gasteiger partial charge in [-0.3, -0.25) is 9.59 Å². The molecule has 136 valence electrons. The van der Waals surface area contributed by atoms with Crippen LogP contribution in [-0.2, 0) is 0 Å². The third kappa shape index (κ3) is 4.44. The van der Waals surface area contributed by atoms with Gasteiger partial charge in [-0.25, -0.2) is 0 Å². The Morgan fingerprint density at radius 1 is 0.741 bits per heavy atom. The number of carbonyl (C=O) groups is 2. The molecule has 0 bridgehead atoms. The van der Waals surface area contributed by atoms with Crippen LogP contribution in [0.2, 0.25) is 0 Å². The van der Waals surface area contributed by atoms with Gasteiger partial charge in [-0.1, -0.05) is 30.3 Å². The van der Waals surface area contributed by atoms with Gasteiger partial charge in [0.2, 0.25) is 0 Å². The summed E-state index contributed by atoms with van der Waals surface area (Å²) in [6, 6.07) is 19.8. The highest BCUT2D eigenvalue weighted by Crippen LogP contribution is 2.22. The van der Waals surface area contributed by atoms with Gasteiger partial charge in [0, 0.05) is 10.2 Å². The Morgan fingerprint density at radius 2 is 1.37 bits per heavy atom. The summed E-state index contributed by atoms with van der Waals surface area (Å²) in [6.07, 6.45) is 0. The van der Waals surface area contributed by atoms with Gasteiger partial charge < -0.3 is 10.6 Å². The van der Waals surface area contributed by atoms with Crippen LogP contribution in [0, 0.1) is 13.8 Å². The van der Waals surface area contributed by atoms with Crippen molar-refractivity contribution >= 4 is 39.1 Å². The molecule has 2 amide bonds. The molecule has 0 unspecified atom stereocenters. The molecule has 3 aromatic carbocycles. The van der Waals surface area contributed by atoms with Crippen LogP contribution in [0.1, 0.15) is 31.8 Å². The normalized spacial score (nSPS) is 10.3. The van der Waals surface area contributed by atoms with Gasteiger partial charge in [0.25, 0.3) is 11.8 Å². The van der Waals surface area contributed by atoms with E-state index in [1.807, 2.05) is 38.1 Å². The van der Waals surface area contributed by atoms with Crippen molar-refractivity contribution in [1.82, 2.24) is 0 Å². The molecule has 0 atom stereocenters. The fraction of sp³-hybridized carbons (Fsp3) is 0.0909. The molecule has 4 nitrogen and oxygen atoms in total. The molecule has 2 N–H and O–H groups in total. The third-order valence-electron chi connectivity index (χ3n) is 4.30. The van der Waals surface area contributed by atoms with Gasteiger partial charge in [0.15, 0.2) is 0 Å². The van der Waals surface area contributed by atoms with E-state index in [1.165, 1.54) is 0 Å². The maximum atomic E-state index is 12.7. The Balaban J connectivity index is 1.83. The molecule has 0 aliphatic heterocycles. The van der Waals surface area contributed by atoms with E-state index >= 15 is 0 Å². The number of rotatable bonds is 4. The number of para-hydroxylation sites is 1. The van der Waals surface area contributed by atoms with Gasteiger partial charge in [-0.2, -0.15) is 0 Å². The fourth-order valence-electron chi connectivity index (χ4n) is 2.64. The summed E-state index contributed by atoms with van der Waals surface area (Å²) in [6.45, 7) is 4.02. The molecule has 0 radical (unpaired) electrons. The van der Waals surface area contributed by atoms with E-state index in [1.54, 1.807) is 42.5 Å². The van der Waals surface area contributed by atoms with E-state index in [2.05, 4.69) is 26.6 Å². The molecular weight excluding hydrogens is 404 g/mol. The van der Waals surface area contributed by atoms with Crippen molar-refractivity contribution in [2.45, 2.75) is 13.8 Å². The van der Waals surface area contributed by atoms with Crippen molar-refractivity contribution in [3.05, 3.63) is 93.5 Å². The molecule has 0 fully saturated rings. The van der Waals surface area contributed by atoms with Crippen LogP contribution in [0.5, 0.6) is 0 Å². The first-order chi connectivity index (χ1) is 13.0. The van der Waals surface area contributed by atoms with Crippen molar-refractivity contribution in [3.8, 4) is 0 Å². The first-order valence-corrected chi connectivity index (χ1v) is 9.28. The zero-order chi connectivity index (χ0) is 19.4. The highest BCUT2D eigenvalue weighted by atomic mass is 79.9. The Hall–Kier alpha value is -2.92. The predicted molar refractivity (Wildman–Crippen MR) is 112 cm³/mol. The SMILES string of the molecule is Cc1ccc(NC(=O)c2ccccc2NC(=O)c2ccccc2Br)cc1C. The van der Waals surface area contributed by atoms with Crippen LogP contribution in [0.4, 0.5) is 11.4 Å². The summed E-state index contributed by atoms with van der Waals surface area (Å²) in [5.41, 5.74) is 4.34. The zero-order valence-electron chi connectivity index (χ0n) is 15.0. The predicted octanol–water partition coefficient (Wildman–Crippen LogP) is 5.57. The summed E-state index contributed by atoms with van der Waals surface area (Å²) in [7, 11) is 0. The number of benzene rings is 3. The third-order valence-corrected chi connectivity index (χ3v) is 4.99. The maximum Gasteiger partial charge on any atom is 0.257 e. The van der Waals surface area contributed by atoms with E-state index in [-0.39, 0.29) is 11.8 Å². The van der Waals surface area contributed by atoms with Gasteiger partial charge in [0.1, 0.15) is 0 Å². The lowest BCUT2D eigenvalue weighted by atomic mass is 10.1. The molecule has 5 heteroatoms. The molecular formula is C22H19BrN2O2. The van der Waals surface area contributed by atoms with E-state index in [0.29, 0.717) is 21.3 Å². The topological polar surface area (TPSA) is 58.2 Å². The molecule has 0 aromatic heterocycles. The number of halogens is 1. The number of hydrogen-bond acceptors (Lipinski definition) is 2. The maximum absolute atomic E-state index is 12.7. The van der Waals surface area contributed by atoms with Crippen LogP contribution in [0.3, 0.4) is 0 Å². The highest BCUT2D eigenvalue weighted by molar-refractivity contribution is 9.10. The molecule has 27 heavy (non-hydrogen) atoms. The quantitative estimate of drug-likeness (QED) is 0.577. The van der Waals surface area contributed by atoms with Crippen LogP contribution >= 0.6 is 15.9 Å². The molecule has 0 spiro atoms. The van der Waals surface area contributed by atoms with Crippen LogP contribution in [0.15, 0.2) is 71.2 Å². The Labute approximate surface area is 166 Å². The molecule has 0 aliphatic carbocycles. The fourth-order valence-corrected chi connectivity index (χ4v) is 3.11. The minimum absolute atomic E-state index is 0.277. The standard InChI is InChI=1S/C22H19BrN2O2/c1-14-11-12-16(13-15(14)2)24-22(27)18-8-4-6-10-20(18)25-21(26)17-7-3-5-9-19(17)23/h3-13H,1-2H3,(H,24,27)(H,25,26). The minimum Gasteiger partial charge on any atom is -0.322 e. The van der Waals surface area contributed by atoms with E-state index < -0.39 is 0 Å². The van der Waals surface area contributed by atoms with E-state index in [9.17, 15) is 9.59 Å². The second-order valence-electron chi connectivity index (χ2n) is 6.23. The lowest BCUT2D eigenvalue weighted by Crippen LogP contribution is -2.18. The molecule has 0 saturated heterocycles. The number of hydrogen-bond donors (Lipinski definition) is 2. The van der Waals surface area contributed by atoms with Crippen LogP contribution in [-0.4, -0.2) is 11.8 Å². The van der Waals surface area contributed by atoms with Gasteiger partial charge >= 0.3 is 0 Å². The minimum atomic E-state index is -0.283. The lowest BCUT2D eigenvalue weighted by molar-refractivity contribution is 0.102. The van der Waals surface area contributed by atoms with E-state index in [0.717, 1.165) is 16.8 Å². The molecule has 0 saturated carbocycles. The Kier molecular flexibility index (Phi) is 5.72. The van der Waals surface area contributed by atoms with E-state index in [4.69, 9.17) is 0 Å². The van der Waals surface area contributed by atoms with Gasteiger partial charge in [-0.05, 0) is 77.3 Å². The first kappa shape index (κ1) is 18.9. The summed E-state index contributed by atoms with van der Waals surface area (Å²) >= 11 is 3.37. The monoisotopic (exact) mass is 422 g/mol. The van der Waals surface area contributed by atoms with Gasteiger partial charge in [-0.15, -0.1) is 0 Å². The van der Waals surface area contributed by atoms with Crippen molar-refractivity contribution in [2.24, 2.45) is 0 Å². The number of amides is 2. The summed E-state index contributed by atoms with van der Waals surface area (Å²) in [5.74, 6) is -0.560. The van der Waals surface area contributed by atoms with Crippen molar-refractivity contribution in [2.75, 3.05) is 10.6 Å². The van der Waals surface area contributed by atoms with Gasteiger partial charge in [0.05, 0.1) is 16.8 Å². The largest absolute Gasteiger partial charge is 0.322 e. The lowest BCUT2D eigenvalue weighted by Gasteiger charge is -2.13. The first-order valence-electron chi connectivity index (χ1n) is 8.49. The second-order valence-corrected chi connectivity index (χ2v) is 7.09. The number of anilines is 2. The zero-order valence-corrected chi connectivity index (χ0v) is 16.6.